The number of fused-ring (bicyclic) bond motifs is 1. The molecule has 0 heterocycles. The number of hydrogen-bond acceptors (Lipinski definition) is 3. The summed E-state index contributed by atoms with van der Waals surface area (Å²) >= 11 is 6.03. The van der Waals surface area contributed by atoms with Gasteiger partial charge in [0.15, 0.2) is 0 Å². The van der Waals surface area contributed by atoms with Crippen LogP contribution in [0.1, 0.15) is 16.7 Å². The van der Waals surface area contributed by atoms with Crippen LogP contribution < -0.4 is 0 Å². The number of nitrogens with zero attached hydrogens (tertiary/aromatic N) is 2. The van der Waals surface area contributed by atoms with Gasteiger partial charge >= 0.3 is 0 Å². The molecular weight excluding hydrogens is 300 g/mol. The van der Waals surface area contributed by atoms with Crippen molar-refractivity contribution < 1.29 is 4.92 Å². The van der Waals surface area contributed by atoms with Gasteiger partial charge in [0.2, 0.25) is 0 Å². The molecule has 0 fully saturated rings. The molecule has 0 aromatic heterocycles. The van der Waals surface area contributed by atoms with Crippen molar-refractivity contribution >= 4 is 17.3 Å². The Labute approximate surface area is 134 Å². The number of nitro groups is 1. The first-order valence-electron chi connectivity index (χ1n) is 7.24. The van der Waals surface area contributed by atoms with Crippen LogP contribution >= 0.6 is 11.6 Å². The van der Waals surface area contributed by atoms with Crippen LogP contribution in [0.5, 0.6) is 0 Å². The van der Waals surface area contributed by atoms with E-state index in [1.54, 1.807) is 12.1 Å². The van der Waals surface area contributed by atoms with Crippen molar-refractivity contribution in [1.82, 2.24) is 4.90 Å². The molecule has 1 aliphatic carbocycles. The van der Waals surface area contributed by atoms with E-state index in [9.17, 15) is 10.1 Å². The number of benzene rings is 2. The first-order valence-corrected chi connectivity index (χ1v) is 7.61. The third-order valence-electron chi connectivity index (χ3n) is 4.26. The molecule has 3 rings (SSSR count). The Balaban J connectivity index is 1.71. The van der Waals surface area contributed by atoms with Gasteiger partial charge in [-0.3, -0.25) is 15.0 Å². The van der Waals surface area contributed by atoms with Crippen LogP contribution in [-0.2, 0) is 19.4 Å². The van der Waals surface area contributed by atoms with Crippen LogP contribution in [0.2, 0.25) is 5.02 Å². The van der Waals surface area contributed by atoms with Crippen LogP contribution in [0.3, 0.4) is 0 Å². The van der Waals surface area contributed by atoms with Gasteiger partial charge in [0.25, 0.3) is 5.69 Å². The molecule has 2 aromatic carbocycles. The van der Waals surface area contributed by atoms with E-state index in [-0.39, 0.29) is 10.6 Å². The standard InChI is InChI=1S/C17H17ClN2O2/c1-19(11-12-3-2-4-15(18)7-12)17-8-13-5-6-16(20(21)22)9-14(13)10-17/h2-7,9,17H,8,10-11H2,1H3. The van der Waals surface area contributed by atoms with Gasteiger partial charge in [0, 0.05) is 29.7 Å². The smallest absolute Gasteiger partial charge is 0.269 e. The van der Waals surface area contributed by atoms with Crippen molar-refractivity contribution in [2.45, 2.75) is 25.4 Å². The molecule has 1 aliphatic rings. The average Bonchev–Trinajstić information content (AvgIpc) is 2.90. The molecule has 0 spiro atoms. The van der Waals surface area contributed by atoms with E-state index >= 15 is 0 Å². The fourth-order valence-corrected chi connectivity index (χ4v) is 3.27. The van der Waals surface area contributed by atoms with Crippen molar-refractivity contribution in [3.8, 4) is 0 Å². The Morgan fingerprint density at radius 3 is 2.73 bits per heavy atom. The Kier molecular flexibility index (Phi) is 4.14. The number of nitro benzene ring substituents is 1. The molecule has 0 N–H and O–H groups in total. The lowest BCUT2D eigenvalue weighted by molar-refractivity contribution is -0.384. The van der Waals surface area contributed by atoms with Gasteiger partial charge in [0.05, 0.1) is 4.92 Å². The fraction of sp³-hybridized carbons (Fsp3) is 0.294. The maximum Gasteiger partial charge on any atom is 0.269 e. The van der Waals surface area contributed by atoms with E-state index < -0.39 is 0 Å². The summed E-state index contributed by atoms with van der Waals surface area (Å²) in [6.45, 7) is 0.821. The summed E-state index contributed by atoms with van der Waals surface area (Å²) in [5, 5.41) is 11.6. The minimum atomic E-state index is -0.330. The van der Waals surface area contributed by atoms with Crippen molar-refractivity contribution in [1.29, 1.82) is 0 Å². The molecule has 0 saturated heterocycles. The normalized spacial score (nSPS) is 16.8. The Morgan fingerprint density at radius 1 is 1.23 bits per heavy atom. The molecule has 0 saturated carbocycles. The van der Waals surface area contributed by atoms with Crippen molar-refractivity contribution in [3.05, 3.63) is 74.3 Å². The van der Waals surface area contributed by atoms with E-state index in [2.05, 4.69) is 18.0 Å². The molecule has 22 heavy (non-hydrogen) atoms. The van der Waals surface area contributed by atoms with Gasteiger partial charge in [-0.2, -0.15) is 0 Å². The minimum Gasteiger partial charge on any atom is -0.299 e. The lowest BCUT2D eigenvalue weighted by Crippen LogP contribution is -2.31. The van der Waals surface area contributed by atoms with E-state index in [4.69, 9.17) is 11.6 Å². The highest BCUT2D eigenvalue weighted by Gasteiger charge is 2.26. The van der Waals surface area contributed by atoms with E-state index in [0.717, 1.165) is 30.0 Å². The third kappa shape index (κ3) is 3.13. The highest BCUT2D eigenvalue weighted by Crippen LogP contribution is 2.29. The van der Waals surface area contributed by atoms with Crippen molar-refractivity contribution in [2.24, 2.45) is 0 Å². The molecule has 0 amide bonds. The zero-order chi connectivity index (χ0) is 15.7. The molecular formula is C17H17ClN2O2. The maximum absolute atomic E-state index is 10.9. The van der Waals surface area contributed by atoms with Gasteiger partial charge in [0.1, 0.15) is 0 Å². The summed E-state index contributed by atoms with van der Waals surface area (Å²) in [5.41, 5.74) is 3.67. The summed E-state index contributed by atoms with van der Waals surface area (Å²) < 4.78 is 0. The van der Waals surface area contributed by atoms with Crippen LogP contribution in [0.4, 0.5) is 5.69 Å². The SMILES string of the molecule is CN(Cc1cccc(Cl)c1)C1Cc2ccc([N+](=O)[O-])cc2C1. The molecule has 0 aliphatic heterocycles. The molecule has 0 radical (unpaired) electrons. The highest BCUT2D eigenvalue weighted by molar-refractivity contribution is 6.30. The summed E-state index contributed by atoms with van der Waals surface area (Å²) in [6, 6.07) is 13.4. The molecule has 1 atom stereocenters. The zero-order valence-corrected chi connectivity index (χ0v) is 13.1. The van der Waals surface area contributed by atoms with Gasteiger partial charge in [-0.25, -0.2) is 0 Å². The van der Waals surface area contributed by atoms with E-state index in [1.807, 2.05) is 24.3 Å². The predicted molar refractivity (Wildman–Crippen MR) is 87.2 cm³/mol. The number of likely N-dealkylation sites (N-methyl/N-ethyl adjacent to an activating group) is 1. The van der Waals surface area contributed by atoms with E-state index in [1.165, 1.54) is 11.1 Å². The first-order chi connectivity index (χ1) is 10.5. The van der Waals surface area contributed by atoms with Crippen LogP contribution in [0, 0.1) is 10.1 Å². The Bertz CT molecular complexity index is 718. The Hall–Kier alpha value is -1.91. The molecule has 4 nitrogen and oxygen atoms in total. The third-order valence-corrected chi connectivity index (χ3v) is 4.49. The first kappa shape index (κ1) is 15.0. The van der Waals surface area contributed by atoms with Crippen molar-refractivity contribution in [3.63, 3.8) is 0 Å². The zero-order valence-electron chi connectivity index (χ0n) is 12.3. The van der Waals surface area contributed by atoms with Crippen LogP contribution in [-0.4, -0.2) is 22.9 Å². The van der Waals surface area contributed by atoms with Gasteiger partial charge in [-0.15, -0.1) is 0 Å². The number of halogens is 1. The molecule has 0 bridgehead atoms. The number of hydrogen-bond donors (Lipinski definition) is 0. The minimum absolute atomic E-state index is 0.178. The van der Waals surface area contributed by atoms with E-state index in [0.29, 0.717) is 6.04 Å². The Morgan fingerprint density at radius 2 is 2.00 bits per heavy atom. The van der Waals surface area contributed by atoms with Gasteiger partial charge in [-0.1, -0.05) is 29.8 Å². The second-order valence-corrected chi connectivity index (χ2v) is 6.25. The predicted octanol–water partition coefficient (Wildman–Crippen LogP) is 3.85. The van der Waals surface area contributed by atoms with Crippen molar-refractivity contribution in [2.75, 3.05) is 7.05 Å². The molecule has 5 heteroatoms. The van der Waals surface area contributed by atoms with Crippen LogP contribution in [0.25, 0.3) is 0 Å². The quantitative estimate of drug-likeness (QED) is 0.636. The molecule has 114 valence electrons. The summed E-state index contributed by atoms with van der Waals surface area (Å²) in [4.78, 5) is 12.8. The maximum atomic E-state index is 10.9. The van der Waals surface area contributed by atoms with Gasteiger partial charge in [-0.05, 0) is 48.7 Å². The fourth-order valence-electron chi connectivity index (χ4n) is 3.06. The second-order valence-electron chi connectivity index (χ2n) is 5.82. The summed E-state index contributed by atoms with van der Waals surface area (Å²) in [5.74, 6) is 0. The molecule has 1 unspecified atom stereocenters. The monoisotopic (exact) mass is 316 g/mol. The molecule has 2 aromatic rings. The number of non-ortho nitro benzene ring substituents is 1. The van der Waals surface area contributed by atoms with Crippen LogP contribution in [0.15, 0.2) is 42.5 Å². The van der Waals surface area contributed by atoms with Gasteiger partial charge < -0.3 is 0 Å². The topological polar surface area (TPSA) is 46.4 Å². The second kappa shape index (κ2) is 6.07. The largest absolute Gasteiger partial charge is 0.299 e. The highest BCUT2D eigenvalue weighted by atomic mass is 35.5. The lowest BCUT2D eigenvalue weighted by atomic mass is 10.1. The summed E-state index contributed by atoms with van der Waals surface area (Å²) in [6.07, 6.45) is 1.79. The average molecular weight is 317 g/mol. The summed E-state index contributed by atoms with van der Waals surface area (Å²) in [7, 11) is 2.09. The number of rotatable bonds is 4. The lowest BCUT2D eigenvalue weighted by Gasteiger charge is -2.24.